The number of guanidine groups is 1. The quantitative estimate of drug-likeness (QED) is 0.601. The number of nitrogens with zero attached hydrogens (tertiary/aromatic N) is 3. The lowest BCUT2D eigenvalue weighted by atomic mass is 9.82. The van der Waals surface area contributed by atoms with Crippen LogP contribution in [0.3, 0.4) is 0 Å². The van der Waals surface area contributed by atoms with Gasteiger partial charge in [-0.05, 0) is 37.2 Å². The predicted octanol–water partition coefficient (Wildman–Crippen LogP) is 3.63. The molecule has 0 spiro atoms. The summed E-state index contributed by atoms with van der Waals surface area (Å²) >= 11 is 0. The van der Waals surface area contributed by atoms with Gasteiger partial charge in [0.1, 0.15) is 0 Å². The van der Waals surface area contributed by atoms with Gasteiger partial charge in [-0.1, -0.05) is 49.3 Å². The number of nitrogens with one attached hydrogen (secondary N) is 2. The number of rotatable bonds is 6. The third-order valence-corrected chi connectivity index (χ3v) is 5.19. The molecule has 146 valence electrons. The van der Waals surface area contributed by atoms with Gasteiger partial charge in [-0.25, -0.2) is 0 Å². The minimum absolute atomic E-state index is 0.288. The molecule has 0 atom stereocenters. The van der Waals surface area contributed by atoms with Crippen LogP contribution < -0.4 is 10.6 Å². The average Bonchev–Trinajstić information content (AvgIpc) is 3.18. The Morgan fingerprint density at radius 1 is 1.19 bits per heavy atom. The Morgan fingerprint density at radius 3 is 2.56 bits per heavy atom. The number of aromatic nitrogens is 2. The second kappa shape index (κ2) is 9.53. The van der Waals surface area contributed by atoms with E-state index in [0.29, 0.717) is 24.3 Å². The lowest BCUT2D eigenvalue weighted by Gasteiger charge is -2.30. The third-order valence-electron chi connectivity index (χ3n) is 5.19. The summed E-state index contributed by atoms with van der Waals surface area (Å²) in [6.07, 6.45) is 5.47. The molecule has 0 saturated heterocycles. The maximum Gasteiger partial charge on any atom is 0.228 e. The number of hydrogen-bond acceptors (Lipinski definition) is 4. The van der Waals surface area contributed by atoms with Gasteiger partial charge in [0, 0.05) is 32.0 Å². The van der Waals surface area contributed by atoms with E-state index in [1.807, 2.05) is 7.05 Å². The molecule has 0 unspecified atom stereocenters. The van der Waals surface area contributed by atoms with Crippen LogP contribution in [0.4, 0.5) is 0 Å². The van der Waals surface area contributed by atoms with E-state index >= 15 is 0 Å². The van der Waals surface area contributed by atoms with Crippen molar-refractivity contribution in [3.63, 3.8) is 0 Å². The van der Waals surface area contributed by atoms with E-state index in [9.17, 15) is 0 Å². The van der Waals surface area contributed by atoms with Gasteiger partial charge in [0.25, 0.3) is 0 Å². The lowest BCUT2D eigenvalue weighted by Crippen LogP contribution is -2.45. The molecule has 1 aromatic carbocycles. The van der Waals surface area contributed by atoms with Crippen LogP contribution in [0.2, 0.25) is 0 Å². The first-order valence-electron chi connectivity index (χ1n) is 10.00. The molecule has 27 heavy (non-hydrogen) atoms. The van der Waals surface area contributed by atoms with Gasteiger partial charge in [-0.3, -0.25) is 4.99 Å². The molecule has 6 nitrogen and oxygen atoms in total. The predicted molar refractivity (Wildman–Crippen MR) is 108 cm³/mol. The van der Waals surface area contributed by atoms with E-state index in [4.69, 9.17) is 4.52 Å². The largest absolute Gasteiger partial charge is 0.356 e. The van der Waals surface area contributed by atoms with Crippen LogP contribution in [0.1, 0.15) is 68.6 Å². The maximum atomic E-state index is 5.28. The van der Waals surface area contributed by atoms with Crippen molar-refractivity contribution in [3.05, 3.63) is 47.6 Å². The van der Waals surface area contributed by atoms with Crippen LogP contribution in [0.25, 0.3) is 0 Å². The molecule has 1 aromatic heterocycles. The average molecular weight is 370 g/mol. The van der Waals surface area contributed by atoms with E-state index in [-0.39, 0.29) is 5.92 Å². The van der Waals surface area contributed by atoms with Gasteiger partial charge >= 0.3 is 0 Å². The summed E-state index contributed by atoms with van der Waals surface area (Å²) in [4.78, 5) is 8.76. The highest BCUT2D eigenvalue weighted by molar-refractivity contribution is 5.79. The van der Waals surface area contributed by atoms with Crippen LogP contribution in [-0.2, 0) is 6.42 Å². The van der Waals surface area contributed by atoms with E-state index in [1.54, 1.807) is 0 Å². The summed E-state index contributed by atoms with van der Waals surface area (Å²) in [7, 11) is 1.81. The molecule has 1 aliphatic carbocycles. The highest BCUT2D eigenvalue weighted by Gasteiger charge is 2.22. The summed E-state index contributed by atoms with van der Waals surface area (Å²) < 4.78 is 5.28. The minimum Gasteiger partial charge on any atom is -0.356 e. The number of aliphatic imine (C=N–C) groups is 1. The molecular formula is C21H31N5O. The van der Waals surface area contributed by atoms with E-state index in [0.717, 1.165) is 18.3 Å². The van der Waals surface area contributed by atoms with Crippen LogP contribution >= 0.6 is 0 Å². The summed E-state index contributed by atoms with van der Waals surface area (Å²) in [5, 5.41) is 10.9. The fraction of sp³-hybridized carbons (Fsp3) is 0.571. The Kier molecular flexibility index (Phi) is 6.85. The van der Waals surface area contributed by atoms with Gasteiger partial charge in [0.15, 0.2) is 11.8 Å². The first kappa shape index (κ1) is 19.4. The molecule has 1 fully saturated rings. The fourth-order valence-electron chi connectivity index (χ4n) is 3.58. The zero-order chi connectivity index (χ0) is 19.1. The van der Waals surface area contributed by atoms with Gasteiger partial charge < -0.3 is 15.2 Å². The normalized spacial score (nSPS) is 20.7. The van der Waals surface area contributed by atoms with Crippen molar-refractivity contribution in [1.29, 1.82) is 0 Å². The molecule has 1 aliphatic rings. The summed E-state index contributed by atoms with van der Waals surface area (Å²) in [5.74, 6) is 3.26. The first-order valence-corrected chi connectivity index (χ1v) is 10.00. The van der Waals surface area contributed by atoms with Crippen molar-refractivity contribution in [1.82, 2.24) is 20.8 Å². The minimum atomic E-state index is 0.288. The summed E-state index contributed by atoms with van der Waals surface area (Å²) in [5.41, 5.74) is 1.47. The zero-order valence-corrected chi connectivity index (χ0v) is 16.6. The van der Waals surface area contributed by atoms with E-state index in [1.165, 1.54) is 31.2 Å². The first-order chi connectivity index (χ1) is 13.2. The molecule has 1 saturated carbocycles. The van der Waals surface area contributed by atoms with Crippen molar-refractivity contribution in [2.24, 2.45) is 4.99 Å². The van der Waals surface area contributed by atoms with Crippen molar-refractivity contribution in [3.8, 4) is 0 Å². The Labute approximate surface area is 161 Å². The van der Waals surface area contributed by atoms with E-state index < -0.39 is 0 Å². The monoisotopic (exact) mass is 369 g/mol. The SMILES string of the molecule is CN=C(NCCc1nc(C(C)C)no1)NC1CCC(c2ccccc2)CC1. The van der Waals surface area contributed by atoms with Gasteiger partial charge in [0.05, 0.1) is 0 Å². The van der Waals surface area contributed by atoms with E-state index in [2.05, 4.69) is 69.9 Å². The second-order valence-electron chi connectivity index (χ2n) is 7.55. The topological polar surface area (TPSA) is 75.3 Å². The smallest absolute Gasteiger partial charge is 0.228 e. The molecule has 0 aliphatic heterocycles. The highest BCUT2D eigenvalue weighted by atomic mass is 16.5. The molecule has 0 bridgehead atoms. The Hall–Kier alpha value is -2.37. The highest BCUT2D eigenvalue weighted by Crippen LogP contribution is 2.32. The Bertz CT molecular complexity index is 717. The standard InChI is InChI=1S/C21H31N5O/c1-15(2)20-25-19(27-26-20)13-14-23-21(22-3)24-18-11-9-17(10-12-18)16-7-5-4-6-8-16/h4-8,15,17-18H,9-14H2,1-3H3,(H2,22,23,24). The summed E-state index contributed by atoms with van der Waals surface area (Å²) in [6, 6.07) is 11.3. The van der Waals surface area contributed by atoms with Gasteiger partial charge in [-0.2, -0.15) is 4.98 Å². The molecule has 0 amide bonds. The summed E-state index contributed by atoms with van der Waals surface area (Å²) in [6.45, 7) is 4.84. The molecule has 2 N–H and O–H groups in total. The molecule has 0 radical (unpaired) electrons. The van der Waals surface area contributed by atoms with Crippen LogP contribution in [0.15, 0.2) is 39.8 Å². The van der Waals surface area contributed by atoms with Crippen molar-refractivity contribution >= 4 is 5.96 Å². The lowest BCUT2D eigenvalue weighted by molar-refractivity contribution is 0.367. The fourth-order valence-corrected chi connectivity index (χ4v) is 3.58. The van der Waals surface area contributed by atoms with Gasteiger partial charge in [0.2, 0.25) is 5.89 Å². The van der Waals surface area contributed by atoms with Gasteiger partial charge in [-0.15, -0.1) is 0 Å². The molecule has 6 heteroatoms. The van der Waals surface area contributed by atoms with Crippen molar-refractivity contribution in [2.45, 2.75) is 63.8 Å². The third kappa shape index (κ3) is 5.55. The van der Waals surface area contributed by atoms with Crippen LogP contribution in [0.5, 0.6) is 0 Å². The number of benzene rings is 1. The molecular weight excluding hydrogens is 338 g/mol. The second-order valence-corrected chi connectivity index (χ2v) is 7.55. The Balaban J connectivity index is 1.40. The molecule has 3 rings (SSSR count). The zero-order valence-electron chi connectivity index (χ0n) is 16.6. The molecule has 2 aromatic rings. The van der Waals surface area contributed by atoms with Crippen molar-refractivity contribution < 1.29 is 4.52 Å². The Morgan fingerprint density at radius 2 is 1.93 bits per heavy atom. The van der Waals surface area contributed by atoms with Crippen LogP contribution in [0, 0.1) is 0 Å². The van der Waals surface area contributed by atoms with Crippen LogP contribution in [-0.4, -0.2) is 35.7 Å². The van der Waals surface area contributed by atoms with Crippen molar-refractivity contribution in [2.75, 3.05) is 13.6 Å². The molecule has 1 heterocycles. The maximum absolute atomic E-state index is 5.28. The number of hydrogen-bond donors (Lipinski definition) is 2.